The van der Waals surface area contributed by atoms with Crippen LogP contribution >= 0.6 is 22.3 Å². The fraction of sp³-hybridized carbons (Fsp3) is 0.143. The summed E-state index contributed by atoms with van der Waals surface area (Å²) in [4.78, 5) is 0.0849. The second kappa shape index (κ2) is 3.64. The van der Waals surface area contributed by atoms with Gasteiger partial charge in [-0.3, -0.25) is 0 Å². The van der Waals surface area contributed by atoms with Crippen LogP contribution in [-0.4, -0.2) is 8.42 Å². The quantitative estimate of drug-likeness (QED) is 0.571. The van der Waals surface area contributed by atoms with Crippen molar-refractivity contribution < 1.29 is 8.42 Å². The first-order valence-electron chi connectivity index (χ1n) is 3.14. The molecule has 1 rings (SSSR count). The van der Waals surface area contributed by atoms with Crippen LogP contribution in [0.1, 0.15) is 5.56 Å². The summed E-state index contributed by atoms with van der Waals surface area (Å²) in [5, 5.41) is 0. The largest absolute Gasteiger partial charge is 0.261 e. The summed E-state index contributed by atoms with van der Waals surface area (Å²) < 4.78 is 21.8. The topological polar surface area (TPSA) is 34.1 Å². The second-order valence-electron chi connectivity index (χ2n) is 2.18. The maximum absolute atomic E-state index is 10.9. The van der Waals surface area contributed by atoms with Crippen molar-refractivity contribution in [2.24, 2.45) is 0 Å². The van der Waals surface area contributed by atoms with Crippen LogP contribution in [0, 0.1) is 0 Å². The lowest BCUT2D eigenvalue weighted by Crippen LogP contribution is -1.95. The average Bonchev–Trinajstić information content (AvgIpc) is 2.03. The number of rotatable bonds is 2. The second-order valence-corrected chi connectivity index (χ2v) is 4.98. The first-order chi connectivity index (χ1) is 5.55. The zero-order chi connectivity index (χ0) is 9.19. The molecule has 0 aromatic heterocycles. The van der Waals surface area contributed by atoms with Gasteiger partial charge in [-0.15, -0.1) is 11.6 Å². The number of benzene rings is 1. The zero-order valence-corrected chi connectivity index (χ0v) is 8.33. The number of alkyl halides is 1. The van der Waals surface area contributed by atoms with Crippen molar-refractivity contribution in [3.05, 3.63) is 29.8 Å². The van der Waals surface area contributed by atoms with Crippen molar-refractivity contribution in [1.29, 1.82) is 0 Å². The van der Waals surface area contributed by atoms with Crippen LogP contribution < -0.4 is 0 Å². The molecule has 12 heavy (non-hydrogen) atoms. The van der Waals surface area contributed by atoms with Crippen LogP contribution in [-0.2, 0) is 14.9 Å². The molecule has 0 fully saturated rings. The van der Waals surface area contributed by atoms with Crippen molar-refractivity contribution in [2.75, 3.05) is 0 Å². The minimum Gasteiger partial charge on any atom is -0.207 e. The van der Waals surface area contributed by atoms with E-state index in [0.29, 0.717) is 5.56 Å². The van der Waals surface area contributed by atoms with E-state index in [9.17, 15) is 8.42 Å². The van der Waals surface area contributed by atoms with Crippen LogP contribution in [0.4, 0.5) is 0 Å². The first-order valence-corrected chi connectivity index (χ1v) is 5.98. The van der Waals surface area contributed by atoms with E-state index in [1.54, 1.807) is 18.2 Å². The molecule has 0 radical (unpaired) electrons. The van der Waals surface area contributed by atoms with Crippen LogP contribution in [0.5, 0.6) is 0 Å². The molecule has 1 aromatic carbocycles. The summed E-state index contributed by atoms with van der Waals surface area (Å²) >= 11 is 5.52. The Balaban J connectivity index is 3.33. The predicted molar refractivity (Wildman–Crippen MR) is 49.0 cm³/mol. The first kappa shape index (κ1) is 9.84. The monoisotopic (exact) mass is 224 g/mol. The van der Waals surface area contributed by atoms with E-state index in [1.807, 2.05) is 0 Å². The van der Waals surface area contributed by atoms with Gasteiger partial charge in [0.2, 0.25) is 0 Å². The van der Waals surface area contributed by atoms with Crippen LogP contribution in [0.25, 0.3) is 0 Å². The molecule has 66 valence electrons. The fourth-order valence-electron chi connectivity index (χ4n) is 0.852. The van der Waals surface area contributed by atoms with Crippen molar-refractivity contribution >= 4 is 31.3 Å². The number of hydrogen-bond donors (Lipinski definition) is 0. The molecule has 5 heteroatoms. The van der Waals surface area contributed by atoms with Gasteiger partial charge < -0.3 is 0 Å². The average molecular weight is 225 g/mol. The van der Waals surface area contributed by atoms with Crippen LogP contribution in [0.2, 0.25) is 0 Å². The summed E-state index contributed by atoms with van der Waals surface area (Å²) in [7, 11) is 1.50. The SMILES string of the molecule is O=S(=O)(Cl)c1ccccc1CCl. The molecule has 0 aliphatic rings. The smallest absolute Gasteiger partial charge is 0.207 e. The highest BCUT2D eigenvalue weighted by atomic mass is 35.7. The molecule has 0 atom stereocenters. The van der Waals surface area contributed by atoms with Gasteiger partial charge in [-0.2, -0.15) is 0 Å². The van der Waals surface area contributed by atoms with E-state index < -0.39 is 9.05 Å². The Hall–Kier alpha value is -0.250. The molecule has 0 aliphatic carbocycles. The van der Waals surface area contributed by atoms with E-state index in [4.69, 9.17) is 22.3 Å². The van der Waals surface area contributed by atoms with E-state index in [1.165, 1.54) is 6.07 Å². The van der Waals surface area contributed by atoms with Gasteiger partial charge >= 0.3 is 0 Å². The van der Waals surface area contributed by atoms with E-state index in [-0.39, 0.29) is 10.8 Å². The van der Waals surface area contributed by atoms with Crippen molar-refractivity contribution in [2.45, 2.75) is 10.8 Å². The van der Waals surface area contributed by atoms with Gasteiger partial charge in [0, 0.05) is 16.6 Å². The molecule has 0 heterocycles. The van der Waals surface area contributed by atoms with Crippen molar-refractivity contribution in [3.63, 3.8) is 0 Å². The normalized spacial score (nSPS) is 11.5. The highest BCUT2D eigenvalue weighted by Gasteiger charge is 2.13. The lowest BCUT2D eigenvalue weighted by atomic mass is 10.2. The third-order valence-electron chi connectivity index (χ3n) is 1.38. The van der Waals surface area contributed by atoms with E-state index >= 15 is 0 Å². The molecule has 0 aliphatic heterocycles. The third-order valence-corrected chi connectivity index (χ3v) is 3.09. The molecule has 1 aromatic rings. The minimum absolute atomic E-state index is 0.0849. The molecule has 0 unspecified atom stereocenters. The molecule has 0 spiro atoms. The van der Waals surface area contributed by atoms with Crippen LogP contribution in [0.3, 0.4) is 0 Å². The Labute approximate surface area is 80.5 Å². The summed E-state index contributed by atoms with van der Waals surface area (Å²) in [6.45, 7) is 0. The summed E-state index contributed by atoms with van der Waals surface area (Å²) in [5.74, 6) is 0.141. The standard InChI is InChI=1S/C7H6Cl2O2S/c8-5-6-3-1-2-4-7(6)12(9,10)11/h1-4H,5H2. The summed E-state index contributed by atoms with van der Waals surface area (Å²) in [6, 6.07) is 6.37. The molecule has 2 nitrogen and oxygen atoms in total. The van der Waals surface area contributed by atoms with Gasteiger partial charge in [-0.25, -0.2) is 8.42 Å². The van der Waals surface area contributed by atoms with E-state index in [2.05, 4.69) is 0 Å². The van der Waals surface area contributed by atoms with Gasteiger partial charge in [0.1, 0.15) is 0 Å². The lowest BCUT2D eigenvalue weighted by molar-refractivity contribution is 0.609. The maximum atomic E-state index is 10.9. The number of hydrogen-bond acceptors (Lipinski definition) is 2. The molecule has 0 bridgehead atoms. The lowest BCUT2D eigenvalue weighted by Gasteiger charge is -2.00. The Morgan fingerprint density at radius 2 is 1.83 bits per heavy atom. The Kier molecular flexibility index (Phi) is 2.99. The zero-order valence-electron chi connectivity index (χ0n) is 6.00. The fourth-order valence-corrected chi connectivity index (χ4v) is 2.31. The van der Waals surface area contributed by atoms with Crippen LogP contribution in [0.15, 0.2) is 29.2 Å². The van der Waals surface area contributed by atoms with Gasteiger partial charge in [0.05, 0.1) is 4.90 Å². The highest BCUT2D eigenvalue weighted by Crippen LogP contribution is 2.20. The van der Waals surface area contributed by atoms with Crippen molar-refractivity contribution in [1.82, 2.24) is 0 Å². The van der Waals surface area contributed by atoms with E-state index in [0.717, 1.165) is 0 Å². The molecule has 0 N–H and O–H groups in total. The third kappa shape index (κ3) is 2.12. The Morgan fingerprint density at radius 1 is 1.25 bits per heavy atom. The van der Waals surface area contributed by atoms with Gasteiger partial charge in [0.15, 0.2) is 0 Å². The predicted octanol–water partition coefficient (Wildman–Crippen LogP) is 2.35. The molecule has 0 amide bonds. The molecule has 0 saturated heterocycles. The Bertz CT molecular complexity index is 373. The van der Waals surface area contributed by atoms with Gasteiger partial charge in [-0.05, 0) is 11.6 Å². The summed E-state index contributed by atoms with van der Waals surface area (Å²) in [6.07, 6.45) is 0. The summed E-state index contributed by atoms with van der Waals surface area (Å²) in [5.41, 5.74) is 0.522. The van der Waals surface area contributed by atoms with Gasteiger partial charge in [-0.1, -0.05) is 18.2 Å². The minimum atomic E-state index is -3.66. The number of halogens is 2. The molecule has 0 saturated carbocycles. The highest BCUT2D eigenvalue weighted by molar-refractivity contribution is 8.13. The Morgan fingerprint density at radius 3 is 2.25 bits per heavy atom. The molecular formula is C7H6Cl2O2S. The van der Waals surface area contributed by atoms with Gasteiger partial charge in [0.25, 0.3) is 9.05 Å². The van der Waals surface area contributed by atoms with Crippen molar-refractivity contribution in [3.8, 4) is 0 Å². The molecular weight excluding hydrogens is 219 g/mol. The maximum Gasteiger partial charge on any atom is 0.261 e.